The summed E-state index contributed by atoms with van der Waals surface area (Å²) in [4.78, 5) is 0. The Labute approximate surface area is 133 Å². The van der Waals surface area contributed by atoms with Gasteiger partial charge in [0.25, 0.3) is 0 Å². The van der Waals surface area contributed by atoms with E-state index in [2.05, 4.69) is 9.44 Å². The first-order valence-electron chi connectivity index (χ1n) is 7.27. The topological polar surface area (TPSA) is 111 Å². The minimum Gasteiger partial charge on any atom is -0.382 e. The van der Waals surface area contributed by atoms with Crippen molar-refractivity contribution in [2.75, 3.05) is 38.9 Å². The van der Waals surface area contributed by atoms with Crippen LogP contribution < -0.4 is 9.44 Å². The maximum absolute atomic E-state index is 12.0. The van der Waals surface area contributed by atoms with E-state index in [-0.39, 0.29) is 12.4 Å². The lowest BCUT2D eigenvalue weighted by Gasteiger charge is -2.31. The first-order valence-corrected chi connectivity index (χ1v) is 10.8. The maximum Gasteiger partial charge on any atom is 0.214 e. The Morgan fingerprint density at radius 3 is 2.09 bits per heavy atom. The van der Waals surface area contributed by atoms with Crippen LogP contribution in [0, 0.1) is 0 Å². The van der Waals surface area contributed by atoms with Crippen LogP contribution in [0.25, 0.3) is 0 Å². The van der Waals surface area contributed by atoms with Crippen LogP contribution in [-0.2, 0) is 29.5 Å². The van der Waals surface area contributed by atoms with Crippen molar-refractivity contribution in [2.24, 2.45) is 0 Å². The molecule has 0 aromatic heterocycles. The number of rotatable bonds is 10. The summed E-state index contributed by atoms with van der Waals surface area (Å²) in [6, 6.07) is -0.805. The van der Waals surface area contributed by atoms with Gasteiger partial charge in [-0.2, -0.15) is 0 Å². The van der Waals surface area contributed by atoms with Crippen LogP contribution in [-0.4, -0.2) is 67.9 Å². The first kappa shape index (κ1) is 19.8. The smallest absolute Gasteiger partial charge is 0.214 e. The van der Waals surface area contributed by atoms with Crippen LogP contribution in [0.1, 0.15) is 25.7 Å². The maximum atomic E-state index is 12.0. The van der Waals surface area contributed by atoms with Crippen LogP contribution in [0.2, 0.25) is 0 Å². The van der Waals surface area contributed by atoms with Crippen LogP contribution in [0.3, 0.4) is 0 Å². The van der Waals surface area contributed by atoms with Gasteiger partial charge in [-0.3, -0.25) is 0 Å². The van der Waals surface area contributed by atoms with Gasteiger partial charge in [-0.25, -0.2) is 26.3 Å². The molecule has 0 heterocycles. The molecule has 0 bridgehead atoms. The Morgan fingerprint density at radius 1 is 0.955 bits per heavy atom. The molecular formula is C12H26N2O6S2. The monoisotopic (exact) mass is 358 g/mol. The highest BCUT2D eigenvalue weighted by Crippen LogP contribution is 2.20. The molecular weight excluding hydrogens is 332 g/mol. The van der Waals surface area contributed by atoms with Crippen molar-refractivity contribution in [1.29, 1.82) is 0 Å². The van der Waals surface area contributed by atoms with Gasteiger partial charge < -0.3 is 9.47 Å². The summed E-state index contributed by atoms with van der Waals surface area (Å²) in [5, 5.41) is 0. The number of ether oxygens (including phenoxy) is 2. The fourth-order valence-electron chi connectivity index (χ4n) is 2.39. The molecule has 2 N–H and O–H groups in total. The fraction of sp³-hybridized carbons (Fsp3) is 1.00. The van der Waals surface area contributed by atoms with Gasteiger partial charge in [0.1, 0.15) is 0 Å². The molecule has 0 amide bonds. The van der Waals surface area contributed by atoms with E-state index in [1.165, 1.54) is 0 Å². The molecule has 2 atom stereocenters. The van der Waals surface area contributed by atoms with Crippen molar-refractivity contribution in [2.45, 2.75) is 37.8 Å². The molecule has 1 fully saturated rings. The Bertz CT molecular complexity index is 520. The van der Waals surface area contributed by atoms with E-state index < -0.39 is 32.1 Å². The Kier molecular flexibility index (Phi) is 8.22. The van der Waals surface area contributed by atoms with Crippen molar-refractivity contribution in [3.63, 3.8) is 0 Å². The predicted octanol–water partition coefficient (Wildman–Crippen LogP) is -0.571. The second kappa shape index (κ2) is 9.14. The lowest BCUT2D eigenvalue weighted by Crippen LogP contribution is -2.53. The van der Waals surface area contributed by atoms with Gasteiger partial charge >= 0.3 is 0 Å². The van der Waals surface area contributed by atoms with Crippen LogP contribution in [0.15, 0.2) is 0 Å². The van der Waals surface area contributed by atoms with Gasteiger partial charge in [-0.05, 0) is 12.8 Å². The highest BCUT2D eigenvalue weighted by atomic mass is 32.2. The number of hydrogen-bond acceptors (Lipinski definition) is 6. The van der Waals surface area contributed by atoms with Crippen LogP contribution in [0.5, 0.6) is 0 Å². The fourth-order valence-corrected chi connectivity index (χ4v) is 4.42. The van der Waals surface area contributed by atoms with E-state index in [9.17, 15) is 16.8 Å². The molecule has 8 nitrogen and oxygen atoms in total. The second-order valence-corrected chi connectivity index (χ2v) is 9.08. The molecule has 0 aliphatic heterocycles. The highest BCUT2D eigenvalue weighted by Gasteiger charge is 2.30. The zero-order valence-electron chi connectivity index (χ0n) is 13.1. The summed E-state index contributed by atoms with van der Waals surface area (Å²) < 4.78 is 61.9. The zero-order valence-corrected chi connectivity index (χ0v) is 14.7. The van der Waals surface area contributed by atoms with Crippen molar-refractivity contribution < 1.29 is 26.3 Å². The average molecular weight is 358 g/mol. The zero-order chi connectivity index (χ0) is 16.6. The Balaban J connectivity index is 2.50. The molecule has 1 aliphatic carbocycles. The van der Waals surface area contributed by atoms with Gasteiger partial charge in [0, 0.05) is 19.2 Å². The number of methoxy groups -OCH3 is 1. The van der Waals surface area contributed by atoms with Gasteiger partial charge in [-0.1, -0.05) is 12.8 Å². The van der Waals surface area contributed by atoms with E-state index in [0.29, 0.717) is 26.1 Å². The average Bonchev–Trinajstić information content (AvgIpc) is 2.39. The Hall–Kier alpha value is -0.260. The normalized spacial score (nSPS) is 23.5. The quantitative estimate of drug-likeness (QED) is 0.506. The molecule has 132 valence electrons. The SMILES string of the molecule is COCCOCCS(=O)(=O)N[C@@H]1CCCC[C@H]1NS(C)(=O)=O. The van der Waals surface area contributed by atoms with Crippen LogP contribution in [0.4, 0.5) is 0 Å². The third-order valence-corrected chi connectivity index (χ3v) is 5.49. The van der Waals surface area contributed by atoms with Gasteiger partial charge in [0.05, 0.1) is 31.8 Å². The summed E-state index contributed by atoms with van der Waals surface area (Å²) >= 11 is 0. The van der Waals surface area contributed by atoms with Gasteiger partial charge in [0.2, 0.25) is 20.0 Å². The molecule has 1 saturated carbocycles. The second-order valence-electron chi connectivity index (χ2n) is 5.43. The minimum absolute atomic E-state index is 0.0790. The lowest BCUT2D eigenvalue weighted by molar-refractivity contribution is 0.0784. The van der Waals surface area contributed by atoms with Gasteiger partial charge in [-0.15, -0.1) is 0 Å². The van der Waals surface area contributed by atoms with Crippen molar-refractivity contribution in [3.05, 3.63) is 0 Å². The summed E-state index contributed by atoms with van der Waals surface area (Å²) in [6.07, 6.45) is 4.09. The molecule has 22 heavy (non-hydrogen) atoms. The van der Waals surface area contributed by atoms with Crippen molar-refractivity contribution in [1.82, 2.24) is 9.44 Å². The van der Waals surface area contributed by atoms with Crippen LogP contribution >= 0.6 is 0 Å². The Morgan fingerprint density at radius 2 is 1.55 bits per heavy atom. The van der Waals surface area contributed by atoms with E-state index in [1.54, 1.807) is 7.11 Å². The lowest BCUT2D eigenvalue weighted by atomic mass is 9.92. The molecule has 1 aliphatic rings. The molecule has 10 heteroatoms. The molecule has 0 saturated heterocycles. The summed E-state index contributed by atoms with van der Waals surface area (Å²) in [5.41, 5.74) is 0. The summed E-state index contributed by atoms with van der Waals surface area (Å²) in [5.74, 6) is -0.154. The molecule has 0 radical (unpaired) electrons. The van der Waals surface area contributed by atoms with Crippen molar-refractivity contribution >= 4 is 20.0 Å². The molecule has 0 spiro atoms. The molecule has 0 aromatic rings. The van der Waals surface area contributed by atoms with E-state index in [4.69, 9.17) is 9.47 Å². The molecule has 0 aromatic carbocycles. The van der Waals surface area contributed by atoms with Crippen molar-refractivity contribution in [3.8, 4) is 0 Å². The third kappa shape index (κ3) is 8.39. The van der Waals surface area contributed by atoms with E-state index in [1.807, 2.05) is 0 Å². The number of sulfonamides is 2. The largest absolute Gasteiger partial charge is 0.382 e. The number of hydrogen-bond donors (Lipinski definition) is 2. The van der Waals surface area contributed by atoms with Gasteiger partial charge in [0.15, 0.2) is 0 Å². The number of nitrogens with one attached hydrogen (secondary N) is 2. The van der Waals surface area contributed by atoms with E-state index in [0.717, 1.165) is 19.1 Å². The summed E-state index contributed by atoms with van der Waals surface area (Å²) in [7, 11) is -5.33. The highest BCUT2D eigenvalue weighted by molar-refractivity contribution is 7.89. The molecule has 1 rings (SSSR count). The first-order chi connectivity index (χ1) is 10.2. The molecule has 0 unspecified atom stereocenters. The minimum atomic E-state index is -3.51. The summed E-state index contributed by atoms with van der Waals surface area (Å²) in [6.45, 7) is 0.833. The van der Waals surface area contributed by atoms with E-state index >= 15 is 0 Å². The standard InChI is InChI=1S/C12H26N2O6S2/c1-19-7-8-20-9-10-22(17,18)14-12-6-4-3-5-11(12)13-21(2,15)16/h11-14H,3-10H2,1-2H3/t11-,12-/m1/s1. The third-order valence-electron chi connectivity index (χ3n) is 3.39. The predicted molar refractivity (Wildman–Crippen MR) is 83.6 cm³/mol.